The SMILES string of the molecule is CC(C)C1CCC2(CCN(C(C)C)CC2)C1.CCN1CCCCN(C(C)C)CCOCC1. The molecule has 1 saturated carbocycles. The summed E-state index contributed by atoms with van der Waals surface area (Å²) in [7, 11) is 0. The Bertz CT molecular complexity index is 485. The molecule has 2 aliphatic heterocycles. The lowest BCUT2D eigenvalue weighted by Crippen LogP contribution is -2.42. The van der Waals surface area contributed by atoms with Crippen LogP contribution >= 0.6 is 0 Å². The molecular weight excluding hydrogens is 394 g/mol. The fourth-order valence-corrected chi connectivity index (χ4v) is 5.97. The number of piperidine rings is 1. The minimum Gasteiger partial charge on any atom is -0.379 e. The number of rotatable bonds is 4. The summed E-state index contributed by atoms with van der Waals surface area (Å²) >= 11 is 0. The van der Waals surface area contributed by atoms with E-state index in [9.17, 15) is 0 Å². The van der Waals surface area contributed by atoms with Crippen LogP contribution in [0.2, 0.25) is 0 Å². The first kappa shape index (κ1) is 28.1. The second-order valence-electron chi connectivity index (χ2n) is 11.8. The van der Waals surface area contributed by atoms with Gasteiger partial charge in [-0.25, -0.2) is 0 Å². The molecule has 0 aromatic heterocycles. The molecule has 1 atom stereocenters. The van der Waals surface area contributed by atoms with E-state index in [0.717, 1.165) is 56.1 Å². The molecule has 1 aliphatic carbocycles. The quantitative estimate of drug-likeness (QED) is 0.541. The number of ether oxygens (including phenoxy) is 1. The maximum Gasteiger partial charge on any atom is 0.0594 e. The van der Waals surface area contributed by atoms with Crippen LogP contribution in [0.1, 0.15) is 93.4 Å². The van der Waals surface area contributed by atoms with Gasteiger partial charge in [0.15, 0.2) is 0 Å². The lowest BCUT2D eigenvalue weighted by Gasteiger charge is -2.41. The van der Waals surface area contributed by atoms with Gasteiger partial charge >= 0.3 is 0 Å². The smallest absolute Gasteiger partial charge is 0.0594 e. The molecule has 2 heterocycles. The van der Waals surface area contributed by atoms with Crippen molar-refractivity contribution in [2.45, 2.75) is 105 Å². The normalized spacial score (nSPS) is 27.0. The summed E-state index contributed by atoms with van der Waals surface area (Å²) in [5.41, 5.74) is 0.750. The molecule has 0 bridgehead atoms. The van der Waals surface area contributed by atoms with Gasteiger partial charge in [0, 0.05) is 25.2 Å². The Balaban J connectivity index is 0.000000227. The predicted octanol–water partition coefficient (Wildman–Crippen LogP) is 5.76. The third-order valence-corrected chi connectivity index (χ3v) is 8.69. The standard InChI is InChI=1S/C15H29N.C13H28N2O/c1-12(2)14-5-6-15(11-14)7-9-16(10-8-15)13(3)4;1-4-14-7-5-6-8-15(13(2)3)10-12-16-11-9-14/h12-14H,5-11H2,1-4H3;13H,4-12H2,1-3H3. The van der Waals surface area contributed by atoms with E-state index in [-0.39, 0.29) is 0 Å². The molecule has 0 aromatic carbocycles. The molecule has 32 heavy (non-hydrogen) atoms. The maximum absolute atomic E-state index is 5.69. The van der Waals surface area contributed by atoms with Crippen molar-refractivity contribution in [3.05, 3.63) is 0 Å². The van der Waals surface area contributed by atoms with Crippen LogP contribution in [0.4, 0.5) is 0 Å². The molecule has 190 valence electrons. The van der Waals surface area contributed by atoms with Crippen LogP contribution in [0.5, 0.6) is 0 Å². The van der Waals surface area contributed by atoms with Crippen molar-refractivity contribution in [3.8, 4) is 0 Å². The predicted molar refractivity (Wildman–Crippen MR) is 139 cm³/mol. The van der Waals surface area contributed by atoms with Crippen molar-refractivity contribution in [1.29, 1.82) is 0 Å². The first-order chi connectivity index (χ1) is 15.3. The molecule has 0 radical (unpaired) electrons. The highest BCUT2D eigenvalue weighted by molar-refractivity contribution is 4.94. The van der Waals surface area contributed by atoms with Gasteiger partial charge in [0.1, 0.15) is 0 Å². The average Bonchev–Trinajstić information content (AvgIpc) is 3.15. The highest BCUT2D eigenvalue weighted by Crippen LogP contribution is 2.50. The van der Waals surface area contributed by atoms with Crippen LogP contribution in [-0.4, -0.2) is 85.8 Å². The summed E-state index contributed by atoms with van der Waals surface area (Å²) in [6.07, 6.45) is 10.1. The van der Waals surface area contributed by atoms with E-state index < -0.39 is 0 Å². The monoisotopic (exact) mass is 451 g/mol. The third kappa shape index (κ3) is 9.24. The van der Waals surface area contributed by atoms with Gasteiger partial charge in [-0.15, -0.1) is 0 Å². The first-order valence-corrected chi connectivity index (χ1v) is 14.0. The Kier molecular flexibility index (Phi) is 12.5. The van der Waals surface area contributed by atoms with Gasteiger partial charge in [-0.1, -0.05) is 20.8 Å². The molecule has 0 aromatic rings. The number of likely N-dealkylation sites (tertiary alicyclic amines) is 1. The van der Waals surface area contributed by atoms with Crippen LogP contribution in [0, 0.1) is 17.3 Å². The minimum absolute atomic E-state index is 0.645. The zero-order valence-electron chi connectivity index (χ0n) is 22.9. The second kappa shape index (κ2) is 14.3. The lowest BCUT2D eigenvalue weighted by atomic mass is 9.75. The highest BCUT2D eigenvalue weighted by Gasteiger charge is 2.42. The van der Waals surface area contributed by atoms with Crippen molar-refractivity contribution < 1.29 is 4.74 Å². The molecule has 3 fully saturated rings. The molecule has 1 spiro atoms. The van der Waals surface area contributed by atoms with Gasteiger partial charge in [-0.2, -0.15) is 0 Å². The van der Waals surface area contributed by atoms with Crippen molar-refractivity contribution in [1.82, 2.24) is 14.7 Å². The van der Waals surface area contributed by atoms with Crippen molar-refractivity contribution >= 4 is 0 Å². The van der Waals surface area contributed by atoms with E-state index in [2.05, 4.69) is 63.2 Å². The zero-order chi connectivity index (χ0) is 23.6. The van der Waals surface area contributed by atoms with E-state index in [1.807, 2.05) is 0 Å². The Morgan fingerprint density at radius 3 is 1.91 bits per heavy atom. The van der Waals surface area contributed by atoms with Crippen LogP contribution in [-0.2, 0) is 4.74 Å². The Morgan fingerprint density at radius 2 is 1.34 bits per heavy atom. The Labute approximate surface area is 201 Å². The van der Waals surface area contributed by atoms with Gasteiger partial charge in [0.2, 0.25) is 0 Å². The van der Waals surface area contributed by atoms with Crippen LogP contribution in [0.25, 0.3) is 0 Å². The molecular formula is C28H57N3O. The van der Waals surface area contributed by atoms with E-state index in [0.29, 0.717) is 6.04 Å². The topological polar surface area (TPSA) is 19.0 Å². The van der Waals surface area contributed by atoms with Gasteiger partial charge in [-0.3, -0.25) is 4.90 Å². The van der Waals surface area contributed by atoms with Gasteiger partial charge in [0.25, 0.3) is 0 Å². The molecule has 3 aliphatic rings. The van der Waals surface area contributed by atoms with E-state index >= 15 is 0 Å². The Hall–Kier alpha value is -0.160. The van der Waals surface area contributed by atoms with Crippen molar-refractivity contribution in [2.75, 3.05) is 59.0 Å². The largest absolute Gasteiger partial charge is 0.379 e. The summed E-state index contributed by atoms with van der Waals surface area (Å²) < 4.78 is 5.69. The molecule has 1 unspecified atom stereocenters. The number of hydrogen-bond donors (Lipinski definition) is 0. The molecule has 4 heteroatoms. The van der Waals surface area contributed by atoms with Gasteiger partial charge in [-0.05, 0) is 123 Å². The van der Waals surface area contributed by atoms with E-state index in [1.165, 1.54) is 71.1 Å². The maximum atomic E-state index is 5.69. The molecule has 2 saturated heterocycles. The molecule has 4 nitrogen and oxygen atoms in total. The van der Waals surface area contributed by atoms with Crippen LogP contribution in [0.15, 0.2) is 0 Å². The van der Waals surface area contributed by atoms with Crippen LogP contribution < -0.4 is 0 Å². The third-order valence-electron chi connectivity index (χ3n) is 8.69. The first-order valence-electron chi connectivity index (χ1n) is 14.0. The fourth-order valence-electron chi connectivity index (χ4n) is 5.97. The number of hydrogen-bond acceptors (Lipinski definition) is 4. The number of nitrogens with zero attached hydrogens (tertiary/aromatic N) is 3. The van der Waals surface area contributed by atoms with E-state index in [4.69, 9.17) is 4.74 Å². The Morgan fingerprint density at radius 1 is 0.750 bits per heavy atom. The van der Waals surface area contributed by atoms with E-state index in [1.54, 1.807) is 0 Å². The summed E-state index contributed by atoms with van der Waals surface area (Å²) in [5.74, 6) is 1.92. The lowest BCUT2D eigenvalue weighted by molar-refractivity contribution is 0.0820. The minimum atomic E-state index is 0.645. The summed E-state index contributed by atoms with van der Waals surface area (Å²) in [6, 6.07) is 1.39. The summed E-state index contributed by atoms with van der Waals surface area (Å²) in [4.78, 5) is 7.68. The van der Waals surface area contributed by atoms with Gasteiger partial charge in [0.05, 0.1) is 13.2 Å². The molecule has 0 N–H and O–H groups in total. The second-order valence-corrected chi connectivity index (χ2v) is 11.8. The summed E-state index contributed by atoms with van der Waals surface area (Å²) in [6.45, 7) is 26.5. The average molecular weight is 452 g/mol. The van der Waals surface area contributed by atoms with Crippen molar-refractivity contribution in [2.24, 2.45) is 17.3 Å². The van der Waals surface area contributed by atoms with Gasteiger partial charge < -0.3 is 14.5 Å². The van der Waals surface area contributed by atoms with Crippen LogP contribution in [0.3, 0.4) is 0 Å². The molecule has 0 amide bonds. The zero-order valence-corrected chi connectivity index (χ0v) is 22.9. The summed E-state index contributed by atoms with van der Waals surface area (Å²) in [5, 5.41) is 0. The highest BCUT2D eigenvalue weighted by atomic mass is 16.5. The fraction of sp³-hybridized carbons (Fsp3) is 1.00. The van der Waals surface area contributed by atoms with Crippen molar-refractivity contribution in [3.63, 3.8) is 0 Å². The number of likely N-dealkylation sites (N-methyl/N-ethyl adjacent to an activating group) is 1. The molecule has 3 rings (SSSR count).